The van der Waals surface area contributed by atoms with Crippen LogP contribution in [0.3, 0.4) is 0 Å². The summed E-state index contributed by atoms with van der Waals surface area (Å²) >= 11 is 3.09. The van der Waals surface area contributed by atoms with Gasteiger partial charge in [-0.15, -0.1) is 0 Å². The van der Waals surface area contributed by atoms with Crippen molar-refractivity contribution < 1.29 is 14.1 Å². The average Bonchev–Trinajstić information content (AvgIpc) is 2.95. The molecule has 1 aromatic carbocycles. The molecule has 1 aromatic rings. The van der Waals surface area contributed by atoms with Crippen LogP contribution in [0.15, 0.2) is 16.6 Å². The zero-order valence-corrected chi connectivity index (χ0v) is 10.4. The molecule has 0 aliphatic heterocycles. The molecule has 17 heavy (non-hydrogen) atoms. The lowest BCUT2D eigenvalue weighted by Crippen LogP contribution is -2.29. The van der Waals surface area contributed by atoms with E-state index < -0.39 is 16.4 Å². The van der Waals surface area contributed by atoms with Crippen molar-refractivity contribution >= 4 is 21.6 Å². The van der Waals surface area contributed by atoms with Crippen LogP contribution in [0.4, 0.5) is 10.1 Å². The lowest BCUT2D eigenvalue weighted by Gasteiger charge is -2.12. The van der Waals surface area contributed by atoms with Crippen LogP contribution in [0.5, 0.6) is 5.75 Å². The molecule has 5 nitrogen and oxygen atoms in total. The van der Waals surface area contributed by atoms with Gasteiger partial charge >= 0.3 is 5.69 Å². The van der Waals surface area contributed by atoms with Gasteiger partial charge < -0.3 is 10.5 Å². The number of nitro benzene ring substituents is 1. The Balaban J connectivity index is 2.20. The minimum absolute atomic E-state index is 0.231. The van der Waals surface area contributed by atoms with Crippen molar-refractivity contribution in [3.63, 3.8) is 0 Å². The van der Waals surface area contributed by atoms with Gasteiger partial charge in [0.1, 0.15) is 12.4 Å². The normalized spacial score (nSPS) is 16.6. The monoisotopic (exact) mass is 304 g/mol. The molecular formula is C10H10BrFN2O3. The van der Waals surface area contributed by atoms with Gasteiger partial charge in [-0.2, -0.15) is 4.39 Å². The zero-order chi connectivity index (χ0) is 12.6. The predicted octanol–water partition coefficient (Wildman–Crippen LogP) is 2.37. The molecule has 2 rings (SSSR count). The molecule has 1 aliphatic rings. The van der Waals surface area contributed by atoms with Gasteiger partial charge in [-0.25, -0.2) is 0 Å². The molecule has 0 amide bonds. The molecule has 0 bridgehead atoms. The fraction of sp³-hybridized carbons (Fsp3) is 0.400. The van der Waals surface area contributed by atoms with Crippen molar-refractivity contribution in [2.24, 2.45) is 5.73 Å². The zero-order valence-electron chi connectivity index (χ0n) is 8.78. The van der Waals surface area contributed by atoms with Crippen LogP contribution in [0.25, 0.3) is 0 Å². The van der Waals surface area contributed by atoms with Crippen molar-refractivity contribution in [2.45, 2.75) is 18.4 Å². The molecule has 0 unspecified atom stereocenters. The summed E-state index contributed by atoms with van der Waals surface area (Å²) in [5.41, 5.74) is 4.89. The molecule has 0 saturated heterocycles. The Morgan fingerprint density at radius 1 is 1.59 bits per heavy atom. The third-order valence-electron chi connectivity index (χ3n) is 2.61. The summed E-state index contributed by atoms with van der Waals surface area (Å²) in [7, 11) is 0. The predicted molar refractivity (Wildman–Crippen MR) is 62.4 cm³/mol. The van der Waals surface area contributed by atoms with Gasteiger partial charge in [-0.05, 0) is 34.8 Å². The van der Waals surface area contributed by atoms with Crippen molar-refractivity contribution in [3.05, 3.63) is 32.5 Å². The standard InChI is InChI=1S/C10H10BrFN2O3/c11-6-3-7(12)8(14(15)16)4-9(6)17-5-10(13)1-2-10/h3-4H,1-2,5,13H2. The van der Waals surface area contributed by atoms with Gasteiger partial charge in [0.05, 0.1) is 21.0 Å². The second-order valence-electron chi connectivity index (χ2n) is 4.14. The number of nitrogens with zero attached hydrogens (tertiary/aromatic N) is 1. The molecule has 0 atom stereocenters. The van der Waals surface area contributed by atoms with Crippen LogP contribution >= 0.6 is 15.9 Å². The van der Waals surface area contributed by atoms with E-state index >= 15 is 0 Å². The number of nitro groups is 1. The van der Waals surface area contributed by atoms with Crippen molar-refractivity contribution in [1.82, 2.24) is 0 Å². The van der Waals surface area contributed by atoms with E-state index in [0.29, 0.717) is 4.47 Å². The Hall–Kier alpha value is -1.21. The van der Waals surface area contributed by atoms with Crippen LogP contribution in [-0.2, 0) is 0 Å². The van der Waals surface area contributed by atoms with E-state index in [1.165, 1.54) is 0 Å². The first-order valence-corrected chi connectivity index (χ1v) is 5.76. The van der Waals surface area contributed by atoms with Crippen LogP contribution < -0.4 is 10.5 Å². The first-order chi connectivity index (χ1) is 7.91. The molecule has 92 valence electrons. The first-order valence-electron chi connectivity index (χ1n) is 4.96. The average molecular weight is 305 g/mol. The number of nitrogens with two attached hydrogens (primary N) is 1. The number of hydrogen-bond acceptors (Lipinski definition) is 4. The number of benzene rings is 1. The summed E-state index contributed by atoms with van der Waals surface area (Å²) in [4.78, 5) is 9.78. The van der Waals surface area contributed by atoms with Gasteiger partial charge in [-0.3, -0.25) is 10.1 Å². The molecule has 0 radical (unpaired) electrons. The fourth-order valence-corrected chi connectivity index (χ4v) is 1.73. The maximum absolute atomic E-state index is 13.2. The summed E-state index contributed by atoms with van der Waals surface area (Å²) in [6.07, 6.45) is 1.74. The maximum Gasteiger partial charge on any atom is 0.308 e. The second-order valence-corrected chi connectivity index (χ2v) is 5.00. The molecule has 1 aliphatic carbocycles. The van der Waals surface area contributed by atoms with Crippen LogP contribution in [0.2, 0.25) is 0 Å². The Labute approximate surface area is 105 Å². The number of rotatable bonds is 4. The number of ether oxygens (including phenoxy) is 1. The van der Waals surface area contributed by atoms with Crippen molar-refractivity contribution in [2.75, 3.05) is 6.61 Å². The third kappa shape index (κ3) is 2.73. The maximum atomic E-state index is 13.2. The molecule has 0 aromatic heterocycles. The van der Waals surface area contributed by atoms with Crippen molar-refractivity contribution in [3.8, 4) is 5.75 Å². The SMILES string of the molecule is NC1(COc2cc([N+](=O)[O-])c(F)cc2Br)CC1. The quantitative estimate of drug-likeness (QED) is 0.684. The largest absolute Gasteiger partial charge is 0.490 e. The van der Waals surface area contributed by atoms with E-state index in [1.807, 2.05) is 0 Å². The minimum atomic E-state index is -0.900. The van der Waals surface area contributed by atoms with E-state index in [4.69, 9.17) is 10.5 Å². The lowest BCUT2D eigenvalue weighted by atomic mass is 10.3. The molecule has 1 fully saturated rings. The van der Waals surface area contributed by atoms with E-state index in [0.717, 1.165) is 25.0 Å². The summed E-state index contributed by atoms with van der Waals surface area (Å²) < 4.78 is 18.9. The Morgan fingerprint density at radius 3 is 2.76 bits per heavy atom. The van der Waals surface area contributed by atoms with Gasteiger partial charge in [-0.1, -0.05) is 0 Å². The number of hydrogen-bond donors (Lipinski definition) is 1. The van der Waals surface area contributed by atoms with E-state index in [1.54, 1.807) is 0 Å². The highest BCUT2D eigenvalue weighted by Gasteiger charge is 2.39. The van der Waals surface area contributed by atoms with E-state index in [-0.39, 0.29) is 17.9 Å². The van der Waals surface area contributed by atoms with Crippen LogP contribution in [0, 0.1) is 15.9 Å². The van der Waals surface area contributed by atoms with Crippen LogP contribution in [-0.4, -0.2) is 17.1 Å². The Bertz CT molecular complexity index is 477. The minimum Gasteiger partial charge on any atom is -0.490 e. The van der Waals surface area contributed by atoms with Gasteiger partial charge in [0.15, 0.2) is 0 Å². The highest BCUT2D eigenvalue weighted by Crippen LogP contribution is 2.36. The number of halogens is 2. The molecule has 0 heterocycles. The molecular weight excluding hydrogens is 295 g/mol. The molecule has 0 spiro atoms. The summed E-state index contributed by atoms with van der Waals surface area (Å²) in [5, 5.41) is 10.6. The molecule has 2 N–H and O–H groups in total. The Kier molecular flexibility index (Phi) is 3.05. The van der Waals surface area contributed by atoms with Crippen LogP contribution in [0.1, 0.15) is 12.8 Å². The Morgan fingerprint density at radius 2 is 2.24 bits per heavy atom. The van der Waals surface area contributed by atoms with Gasteiger partial charge in [0.25, 0.3) is 0 Å². The first kappa shape index (κ1) is 12.3. The molecule has 1 saturated carbocycles. The summed E-state index contributed by atoms with van der Waals surface area (Å²) in [5.74, 6) is -0.669. The second kappa shape index (κ2) is 4.23. The topological polar surface area (TPSA) is 78.4 Å². The van der Waals surface area contributed by atoms with E-state index in [2.05, 4.69) is 15.9 Å². The lowest BCUT2D eigenvalue weighted by molar-refractivity contribution is -0.387. The highest BCUT2D eigenvalue weighted by atomic mass is 79.9. The van der Waals surface area contributed by atoms with E-state index in [9.17, 15) is 14.5 Å². The van der Waals surface area contributed by atoms with Crippen molar-refractivity contribution in [1.29, 1.82) is 0 Å². The summed E-state index contributed by atoms with van der Waals surface area (Å²) in [6, 6.07) is 2.08. The summed E-state index contributed by atoms with van der Waals surface area (Å²) in [6.45, 7) is 0.272. The molecule has 7 heteroatoms. The van der Waals surface area contributed by atoms with Gasteiger partial charge in [0.2, 0.25) is 5.82 Å². The van der Waals surface area contributed by atoms with Gasteiger partial charge in [0, 0.05) is 0 Å². The fourth-order valence-electron chi connectivity index (χ4n) is 1.30. The smallest absolute Gasteiger partial charge is 0.308 e. The highest BCUT2D eigenvalue weighted by molar-refractivity contribution is 9.10. The third-order valence-corrected chi connectivity index (χ3v) is 3.23.